The summed E-state index contributed by atoms with van der Waals surface area (Å²) in [6, 6.07) is 11.0. The van der Waals surface area contributed by atoms with Gasteiger partial charge in [-0.15, -0.1) is 13.2 Å². The first-order valence-corrected chi connectivity index (χ1v) is 8.31. The third kappa shape index (κ3) is 5.22. The molecule has 0 heterocycles. The third-order valence-corrected chi connectivity index (χ3v) is 4.51. The van der Waals surface area contributed by atoms with Crippen molar-refractivity contribution < 1.29 is 26.3 Å². The highest BCUT2D eigenvalue weighted by Crippen LogP contribution is 2.22. The molecule has 0 aliphatic heterocycles. The fourth-order valence-corrected chi connectivity index (χ4v) is 2.89. The van der Waals surface area contributed by atoms with E-state index in [2.05, 4.69) is 9.46 Å². The van der Waals surface area contributed by atoms with E-state index in [4.69, 9.17) is 5.73 Å². The Morgan fingerprint density at radius 3 is 2.00 bits per heavy atom. The van der Waals surface area contributed by atoms with Gasteiger partial charge in [-0.1, -0.05) is 24.3 Å². The number of hydrogen-bond acceptors (Lipinski definition) is 4. The van der Waals surface area contributed by atoms with E-state index in [9.17, 15) is 21.6 Å². The standard InChI is InChI=1S/C15H15F3N2O3S/c16-15(17,18)23-13-5-1-12(2-6-13)10-20-24(21,22)14-7-3-11(9-19)4-8-14/h1-8,20H,9-10,19H2. The summed E-state index contributed by atoms with van der Waals surface area (Å²) in [6.45, 7) is 0.243. The van der Waals surface area contributed by atoms with Gasteiger partial charge in [-0.3, -0.25) is 0 Å². The van der Waals surface area contributed by atoms with Gasteiger partial charge < -0.3 is 10.5 Å². The zero-order valence-electron chi connectivity index (χ0n) is 12.4. The van der Waals surface area contributed by atoms with Crippen molar-refractivity contribution >= 4 is 10.0 Å². The fraction of sp³-hybridized carbons (Fsp3) is 0.200. The maximum Gasteiger partial charge on any atom is 0.573 e. The zero-order valence-corrected chi connectivity index (χ0v) is 13.2. The number of benzene rings is 2. The van der Waals surface area contributed by atoms with Gasteiger partial charge in [0.05, 0.1) is 4.90 Å². The summed E-state index contributed by atoms with van der Waals surface area (Å²) in [6.07, 6.45) is -4.77. The van der Waals surface area contributed by atoms with Crippen LogP contribution >= 0.6 is 0 Å². The quantitative estimate of drug-likeness (QED) is 0.829. The first-order valence-electron chi connectivity index (χ1n) is 6.83. The predicted molar refractivity (Wildman–Crippen MR) is 81.5 cm³/mol. The highest BCUT2D eigenvalue weighted by atomic mass is 32.2. The van der Waals surface area contributed by atoms with Gasteiger partial charge in [0.1, 0.15) is 5.75 Å². The summed E-state index contributed by atoms with van der Waals surface area (Å²) in [5.74, 6) is -0.369. The lowest BCUT2D eigenvalue weighted by molar-refractivity contribution is -0.274. The van der Waals surface area contributed by atoms with Gasteiger partial charge in [-0.2, -0.15) is 0 Å². The second kappa shape index (κ2) is 7.20. The number of nitrogens with one attached hydrogen (secondary N) is 1. The van der Waals surface area contributed by atoms with Crippen molar-refractivity contribution in [2.75, 3.05) is 0 Å². The number of ether oxygens (including phenoxy) is 1. The highest BCUT2D eigenvalue weighted by molar-refractivity contribution is 7.89. The van der Waals surface area contributed by atoms with E-state index in [1.165, 1.54) is 24.3 Å². The van der Waals surface area contributed by atoms with Gasteiger partial charge in [-0.25, -0.2) is 13.1 Å². The van der Waals surface area contributed by atoms with E-state index in [1.807, 2.05) is 0 Å². The van der Waals surface area contributed by atoms with Gasteiger partial charge in [0, 0.05) is 13.1 Å². The van der Waals surface area contributed by atoms with Crippen LogP contribution in [0.15, 0.2) is 53.4 Å². The minimum absolute atomic E-state index is 0.0622. The average molecular weight is 360 g/mol. The summed E-state index contributed by atoms with van der Waals surface area (Å²) in [7, 11) is -3.72. The average Bonchev–Trinajstić information content (AvgIpc) is 2.53. The molecule has 0 unspecified atom stereocenters. The van der Waals surface area contributed by atoms with Gasteiger partial charge >= 0.3 is 6.36 Å². The Balaban J connectivity index is 2.01. The molecule has 3 N–H and O–H groups in total. The Bertz CT molecular complexity index is 773. The molecule has 2 aromatic carbocycles. The molecule has 0 fully saturated rings. The molecule has 0 radical (unpaired) electrons. The molecule has 0 bridgehead atoms. The molecular formula is C15H15F3N2O3S. The van der Waals surface area contributed by atoms with Crippen molar-refractivity contribution in [2.45, 2.75) is 24.3 Å². The van der Waals surface area contributed by atoms with E-state index in [1.54, 1.807) is 12.1 Å². The smallest absolute Gasteiger partial charge is 0.406 e. The van der Waals surface area contributed by atoms with Crippen LogP contribution in [0, 0.1) is 0 Å². The third-order valence-electron chi connectivity index (χ3n) is 3.09. The first-order chi connectivity index (χ1) is 11.2. The van der Waals surface area contributed by atoms with Gasteiger partial charge in [-0.05, 0) is 35.4 Å². The number of nitrogens with two attached hydrogens (primary N) is 1. The lowest BCUT2D eigenvalue weighted by Gasteiger charge is -2.10. The van der Waals surface area contributed by atoms with Crippen LogP contribution in [0.25, 0.3) is 0 Å². The van der Waals surface area contributed by atoms with Crippen molar-refractivity contribution in [2.24, 2.45) is 5.73 Å². The lowest BCUT2D eigenvalue weighted by Crippen LogP contribution is -2.23. The van der Waals surface area contributed by atoms with E-state index in [0.717, 1.165) is 17.7 Å². The van der Waals surface area contributed by atoms with Crippen molar-refractivity contribution in [3.05, 3.63) is 59.7 Å². The van der Waals surface area contributed by atoms with Gasteiger partial charge in [0.15, 0.2) is 0 Å². The summed E-state index contributed by atoms with van der Waals surface area (Å²) >= 11 is 0. The Kier molecular flexibility index (Phi) is 5.47. The van der Waals surface area contributed by atoms with Crippen LogP contribution < -0.4 is 15.2 Å². The summed E-state index contributed by atoms with van der Waals surface area (Å²) in [4.78, 5) is 0.0803. The zero-order chi connectivity index (χ0) is 17.8. The Hall–Kier alpha value is -2.10. The van der Waals surface area contributed by atoms with Crippen LogP contribution in [0.4, 0.5) is 13.2 Å². The number of hydrogen-bond donors (Lipinski definition) is 2. The summed E-state index contributed by atoms with van der Waals surface area (Å²) < 4.78 is 66.6. The SMILES string of the molecule is NCc1ccc(S(=O)(=O)NCc2ccc(OC(F)(F)F)cc2)cc1. The summed E-state index contributed by atoms with van der Waals surface area (Å²) in [5.41, 5.74) is 6.74. The first kappa shape index (κ1) is 18.2. The normalized spacial score (nSPS) is 12.2. The maximum absolute atomic E-state index is 12.1. The Morgan fingerprint density at radius 1 is 0.958 bits per heavy atom. The van der Waals surface area contributed by atoms with Gasteiger partial charge in [0.25, 0.3) is 0 Å². The van der Waals surface area contributed by atoms with Crippen LogP contribution in [-0.4, -0.2) is 14.8 Å². The molecule has 0 aromatic heterocycles. The molecule has 5 nitrogen and oxygen atoms in total. The van der Waals surface area contributed by atoms with Crippen LogP contribution in [-0.2, 0) is 23.1 Å². The molecule has 0 aliphatic rings. The molecule has 0 saturated heterocycles. The van der Waals surface area contributed by atoms with Crippen LogP contribution in [0.3, 0.4) is 0 Å². The van der Waals surface area contributed by atoms with Crippen molar-refractivity contribution in [1.29, 1.82) is 0 Å². The second-order valence-corrected chi connectivity index (χ2v) is 6.63. The van der Waals surface area contributed by atoms with Crippen molar-refractivity contribution in [3.63, 3.8) is 0 Å². The molecule has 0 spiro atoms. The van der Waals surface area contributed by atoms with Crippen LogP contribution in [0.2, 0.25) is 0 Å². The van der Waals surface area contributed by atoms with Crippen LogP contribution in [0.5, 0.6) is 5.75 Å². The molecule has 0 amide bonds. The number of halogens is 3. The molecule has 24 heavy (non-hydrogen) atoms. The fourth-order valence-electron chi connectivity index (χ4n) is 1.88. The van der Waals surface area contributed by atoms with Crippen molar-refractivity contribution in [1.82, 2.24) is 4.72 Å². The minimum atomic E-state index is -4.77. The molecule has 2 aromatic rings. The van der Waals surface area contributed by atoms with E-state index in [0.29, 0.717) is 12.1 Å². The summed E-state index contributed by atoms with van der Waals surface area (Å²) in [5, 5.41) is 0. The topological polar surface area (TPSA) is 81.4 Å². The second-order valence-electron chi connectivity index (χ2n) is 4.86. The molecule has 0 atom stereocenters. The maximum atomic E-state index is 12.1. The molecule has 130 valence electrons. The Labute approximate surface area is 137 Å². The molecule has 0 saturated carbocycles. The van der Waals surface area contributed by atoms with Crippen molar-refractivity contribution in [3.8, 4) is 5.75 Å². The van der Waals surface area contributed by atoms with Crippen LogP contribution in [0.1, 0.15) is 11.1 Å². The number of alkyl halides is 3. The van der Waals surface area contributed by atoms with E-state index >= 15 is 0 Å². The lowest BCUT2D eigenvalue weighted by atomic mass is 10.2. The molecule has 2 rings (SSSR count). The van der Waals surface area contributed by atoms with E-state index in [-0.39, 0.29) is 17.2 Å². The van der Waals surface area contributed by atoms with E-state index < -0.39 is 16.4 Å². The molecule has 9 heteroatoms. The minimum Gasteiger partial charge on any atom is -0.406 e. The highest BCUT2D eigenvalue weighted by Gasteiger charge is 2.30. The molecule has 0 aliphatic carbocycles. The monoisotopic (exact) mass is 360 g/mol. The Morgan fingerprint density at radius 2 is 1.50 bits per heavy atom. The molecular weight excluding hydrogens is 345 g/mol. The predicted octanol–water partition coefficient (Wildman–Crippen LogP) is 2.52. The van der Waals surface area contributed by atoms with Gasteiger partial charge in [0.2, 0.25) is 10.0 Å². The largest absolute Gasteiger partial charge is 0.573 e. The number of rotatable bonds is 6. The number of sulfonamides is 1.